The number of carbonyl (C=O) groups excluding carboxylic acids is 3. The number of rotatable bonds is 54. The molecule has 0 saturated heterocycles. The largest absolute Gasteiger partial charge is 0.462 e. The smallest absolute Gasteiger partial charge is 0.306 e. The molecule has 68 heavy (non-hydrogen) atoms. The molecule has 0 aliphatic heterocycles. The number of ether oxygens (including phenoxy) is 3. The minimum Gasteiger partial charge on any atom is -0.462 e. The summed E-state index contributed by atoms with van der Waals surface area (Å²) in [6, 6.07) is 0. The minimum atomic E-state index is -0.780. The molecule has 0 radical (unpaired) electrons. The Hall–Kier alpha value is -2.63. The van der Waals surface area contributed by atoms with E-state index in [0.717, 1.165) is 83.5 Å². The first-order chi connectivity index (χ1) is 33.5. The van der Waals surface area contributed by atoms with Crippen LogP contribution in [-0.4, -0.2) is 37.2 Å². The van der Waals surface area contributed by atoms with Crippen LogP contribution in [0.3, 0.4) is 0 Å². The zero-order chi connectivity index (χ0) is 49.3. The van der Waals surface area contributed by atoms with Gasteiger partial charge in [-0.25, -0.2) is 0 Å². The summed E-state index contributed by atoms with van der Waals surface area (Å²) in [7, 11) is 0. The van der Waals surface area contributed by atoms with Gasteiger partial charge in [0.1, 0.15) is 13.2 Å². The van der Waals surface area contributed by atoms with Crippen molar-refractivity contribution in [1.82, 2.24) is 0 Å². The molecule has 0 fully saturated rings. The Bertz CT molecular complexity index is 1190. The first kappa shape index (κ1) is 65.4. The first-order valence-corrected chi connectivity index (χ1v) is 29.6. The number of carbonyl (C=O) groups is 3. The van der Waals surface area contributed by atoms with E-state index in [1.807, 2.05) is 0 Å². The van der Waals surface area contributed by atoms with Crippen LogP contribution in [0.4, 0.5) is 0 Å². The second-order valence-corrected chi connectivity index (χ2v) is 19.9. The minimum absolute atomic E-state index is 0.0789. The number of unbranched alkanes of at least 4 members (excludes halogenated alkanes) is 35. The summed E-state index contributed by atoms with van der Waals surface area (Å²) in [6.07, 6.45) is 69.6. The molecule has 0 aromatic rings. The fourth-order valence-electron chi connectivity index (χ4n) is 8.56. The van der Waals surface area contributed by atoms with E-state index in [-0.39, 0.29) is 31.1 Å². The van der Waals surface area contributed by atoms with Crippen LogP contribution in [0.1, 0.15) is 310 Å². The van der Waals surface area contributed by atoms with Crippen molar-refractivity contribution >= 4 is 17.9 Å². The summed E-state index contributed by atoms with van der Waals surface area (Å²) < 4.78 is 16.9. The van der Waals surface area contributed by atoms with Gasteiger partial charge in [0, 0.05) is 19.3 Å². The quantitative estimate of drug-likeness (QED) is 0.0262. The average Bonchev–Trinajstić information content (AvgIpc) is 3.34. The normalized spacial score (nSPS) is 12.3. The van der Waals surface area contributed by atoms with Crippen molar-refractivity contribution in [2.45, 2.75) is 316 Å². The lowest BCUT2D eigenvalue weighted by atomic mass is 10.0. The average molecular weight is 954 g/mol. The molecule has 0 aliphatic rings. The third kappa shape index (κ3) is 54.3. The number of hydrogen-bond donors (Lipinski definition) is 0. The summed E-state index contributed by atoms with van der Waals surface area (Å²) in [5, 5.41) is 0. The predicted molar refractivity (Wildman–Crippen MR) is 293 cm³/mol. The van der Waals surface area contributed by atoms with Crippen LogP contribution in [0, 0.1) is 0 Å². The van der Waals surface area contributed by atoms with E-state index < -0.39 is 6.10 Å². The second kappa shape index (κ2) is 57.0. The first-order valence-electron chi connectivity index (χ1n) is 29.6. The highest BCUT2D eigenvalue weighted by Gasteiger charge is 2.19. The van der Waals surface area contributed by atoms with Crippen LogP contribution in [0.2, 0.25) is 0 Å². The summed E-state index contributed by atoms with van der Waals surface area (Å²) in [5.41, 5.74) is 0. The van der Waals surface area contributed by atoms with Gasteiger partial charge >= 0.3 is 17.9 Å². The van der Waals surface area contributed by atoms with E-state index in [0.29, 0.717) is 19.3 Å². The third-order valence-corrected chi connectivity index (χ3v) is 13.1. The molecule has 0 bridgehead atoms. The van der Waals surface area contributed by atoms with Gasteiger partial charge in [-0.3, -0.25) is 14.4 Å². The van der Waals surface area contributed by atoms with E-state index in [4.69, 9.17) is 14.2 Å². The Kier molecular flexibility index (Phi) is 54.8. The zero-order valence-corrected chi connectivity index (χ0v) is 45.4. The number of hydrogen-bond acceptors (Lipinski definition) is 6. The summed E-state index contributed by atoms with van der Waals surface area (Å²) in [4.78, 5) is 38.2. The van der Waals surface area contributed by atoms with Crippen LogP contribution in [-0.2, 0) is 28.6 Å². The topological polar surface area (TPSA) is 78.9 Å². The summed E-state index contributed by atoms with van der Waals surface area (Å²) in [5.74, 6) is -0.883. The van der Waals surface area contributed by atoms with Crippen LogP contribution in [0.5, 0.6) is 0 Å². The molecule has 1 atom stereocenters. The van der Waals surface area contributed by atoms with Crippen molar-refractivity contribution in [2.75, 3.05) is 13.2 Å². The van der Waals surface area contributed by atoms with E-state index in [1.165, 1.54) is 186 Å². The lowest BCUT2D eigenvalue weighted by molar-refractivity contribution is -0.167. The van der Waals surface area contributed by atoms with Gasteiger partial charge in [-0.15, -0.1) is 0 Å². The molecule has 0 aromatic carbocycles. The highest BCUT2D eigenvalue weighted by Crippen LogP contribution is 2.16. The Morgan fingerprint density at radius 3 is 0.882 bits per heavy atom. The van der Waals surface area contributed by atoms with E-state index >= 15 is 0 Å². The van der Waals surface area contributed by atoms with Crippen molar-refractivity contribution in [2.24, 2.45) is 0 Å². The molecule has 6 heteroatoms. The fourth-order valence-corrected chi connectivity index (χ4v) is 8.56. The van der Waals surface area contributed by atoms with E-state index in [1.54, 1.807) is 0 Å². The van der Waals surface area contributed by atoms with Gasteiger partial charge in [0.05, 0.1) is 0 Å². The van der Waals surface area contributed by atoms with E-state index in [2.05, 4.69) is 69.4 Å². The number of allylic oxidation sites excluding steroid dienone is 8. The van der Waals surface area contributed by atoms with Crippen LogP contribution in [0.25, 0.3) is 0 Å². The Labute approximate surface area is 422 Å². The highest BCUT2D eigenvalue weighted by molar-refractivity contribution is 5.71. The Morgan fingerprint density at radius 2 is 0.529 bits per heavy atom. The summed E-state index contributed by atoms with van der Waals surface area (Å²) >= 11 is 0. The monoisotopic (exact) mass is 953 g/mol. The van der Waals surface area contributed by atoms with Crippen molar-refractivity contribution in [1.29, 1.82) is 0 Å². The molecule has 0 rings (SSSR count). The molecule has 6 nitrogen and oxygen atoms in total. The van der Waals surface area contributed by atoms with Gasteiger partial charge < -0.3 is 14.2 Å². The molecule has 396 valence electrons. The fraction of sp³-hybridized carbons (Fsp3) is 0.823. The van der Waals surface area contributed by atoms with E-state index in [9.17, 15) is 14.4 Å². The van der Waals surface area contributed by atoms with Gasteiger partial charge in [0.2, 0.25) is 0 Å². The maximum Gasteiger partial charge on any atom is 0.306 e. The van der Waals surface area contributed by atoms with Crippen LogP contribution >= 0.6 is 0 Å². The Morgan fingerprint density at radius 1 is 0.294 bits per heavy atom. The molecule has 0 saturated carbocycles. The van der Waals surface area contributed by atoms with Gasteiger partial charge in [0.25, 0.3) is 0 Å². The zero-order valence-electron chi connectivity index (χ0n) is 45.4. The lowest BCUT2D eigenvalue weighted by Gasteiger charge is -2.18. The molecule has 0 heterocycles. The molecule has 0 N–H and O–H groups in total. The molecule has 0 amide bonds. The molecule has 1 unspecified atom stereocenters. The highest BCUT2D eigenvalue weighted by atomic mass is 16.6. The SMILES string of the molecule is CCCCC/C=C\C/C=C\C/C=C\CCCCCCCCC(=O)OCC(COC(=O)CCCCCCC/C=C\CCCCCC)OC(=O)CCCCCCCCCCCCCCCCCCCC. The molecule has 0 aliphatic carbocycles. The van der Waals surface area contributed by atoms with Crippen LogP contribution < -0.4 is 0 Å². The van der Waals surface area contributed by atoms with Crippen LogP contribution in [0.15, 0.2) is 48.6 Å². The second-order valence-electron chi connectivity index (χ2n) is 19.9. The van der Waals surface area contributed by atoms with Crippen molar-refractivity contribution in [3.63, 3.8) is 0 Å². The predicted octanol–water partition coefficient (Wildman–Crippen LogP) is 19.8. The molecule has 0 aromatic heterocycles. The maximum absolute atomic E-state index is 12.9. The van der Waals surface area contributed by atoms with Gasteiger partial charge in [-0.05, 0) is 83.5 Å². The third-order valence-electron chi connectivity index (χ3n) is 13.1. The van der Waals surface area contributed by atoms with Gasteiger partial charge in [0.15, 0.2) is 6.10 Å². The standard InChI is InChI=1S/C62H112O6/c1-4-7-10-13-16-19-22-25-27-29-31-33-34-37-40-43-46-49-52-55-61(64)67-58-59(57-66-60(63)54-51-48-45-42-39-36-24-21-18-15-12-9-6-3)68-62(65)56-53-50-47-44-41-38-35-32-30-28-26-23-20-17-14-11-8-5-2/h16,19,21,24-25,27,31,33,59H,4-15,17-18,20,22-23,26,28-30,32,34-58H2,1-3H3/b19-16-,24-21-,27-25-,33-31-. The molecule has 0 spiro atoms. The van der Waals surface area contributed by atoms with Crippen molar-refractivity contribution in [3.05, 3.63) is 48.6 Å². The molecular formula is C62H112O6. The Balaban J connectivity index is 4.36. The summed E-state index contributed by atoms with van der Waals surface area (Å²) in [6.45, 7) is 6.62. The lowest BCUT2D eigenvalue weighted by Crippen LogP contribution is -2.30. The van der Waals surface area contributed by atoms with Gasteiger partial charge in [-0.2, -0.15) is 0 Å². The van der Waals surface area contributed by atoms with Gasteiger partial charge in [-0.1, -0.05) is 256 Å². The maximum atomic E-state index is 12.9. The van der Waals surface area contributed by atoms with Crippen molar-refractivity contribution in [3.8, 4) is 0 Å². The molecular weight excluding hydrogens is 841 g/mol. The van der Waals surface area contributed by atoms with Crippen molar-refractivity contribution < 1.29 is 28.6 Å². The number of esters is 3.